The minimum atomic E-state index is -0.639. The van der Waals surface area contributed by atoms with Crippen LogP contribution in [0.1, 0.15) is 11.6 Å². The number of nitrogens with one attached hydrogen (secondary N) is 1. The summed E-state index contributed by atoms with van der Waals surface area (Å²) in [6.45, 7) is 1.57. The maximum atomic E-state index is 13.6. The summed E-state index contributed by atoms with van der Waals surface area (Å²) in [5.74, 6) is -1.28. The molecule has 2 aromatic carbocycles. The van der Waals surface area contributed by atoms with E-state index >= 15 is 0 Å². The molecule has 24 heavy (non-hydrogen) atoms. The van der Waals surface area contributed by atoms with Crippen LogP contribution in [-0.2, 0) is 0 Å². The molecule has 0 bridgehead atoms. The van der Waals surface area contributed by atoms with E-state index in [1.807, 2.05) is 30.3 Å². The molecule has 3 rings (SSSR count). The third-order valence-electron chi connectivity index (χ3n) is 4.19. The summed E-state index contributed by atoms with van der Waals surface area (Å²) in [4.78, 5) is 16.1. The van der Waals surface area contributed by atoms with Gasteiger partial charge in [0.1, 0.15) is 11.6 Å². The molecule has 1 atom stereocenters. The second-order valence-corrected chi connectivity index (χ2v) is 5.79. The van der Waals surface area contributed by atoms with Gasteiger partial charge >= 0.3 is 6.03 Å². The quantitative estimate of drug-likeness (QED) is 0.917. The fraction of sp³-hybridized carbons (Fsp3) is 0.278. The molecule has 2 aromatic rings. The largest absolute Gasteiger partial charge is 0.324 e. The van der Waals surface area contributed by atoms with Crippen molar-refractivity contribution in [3.8, 4) is 0 Å². The maximum absolute atomic E-state index is 13.6. The van der Waals surface area contributed by atoms with Crippen molar-refractivity contribution in [2.45, 2.75) is 6.04 Å². The Morgan fingerprint density at radius 1 is 1.17 bits per heavy atom. The lowest BCUT2D eigenvalue weighted by Crippen LogP contribution is -2.52. The van der Waals surface area contributed by atoms with E-state index in [4.69, 9.17) is 0 Å². The standard InChI is InChI=1S/C18H19F2N3O/c1-22(16-5-3-2-4-6-16)18(24)23-8-7-21-12-17(23)13-9-14(19)11-15(20)10-13/h2-6,9-11,17,21H,7-8,12H2,1H3. The zero-order valence-electron chi connectivity index (χ0n) is 13.4. The van der Waals surface area contributed by atoms with Crippen molar-refractivity contribution >= 4 is 11.7 Å². The minimum absolute atomic E-state index is 0.197. The Morgan fingerprint density at radius 3 is 2.50 bits per heavy atom. The first-order chi connectivity index (χ1) is 11.6. The van der Waals surface area contributed by atoms with E-state index in [1.54, 1.807) is 16.8 Å². The zero-order chi connectivity index (χ0) is 17.1. The van der Waals surface area contributed by atoms with Crippen molar-refractivity contribution < 1.29 is 13.6 Å². The Labute approximate surface area is 139 Å². The average Bonchev–Trinajstić information content (AvgIpc) is 2.60. The van der Waals surface area contributed by atoms with Gasteiger partial charge in [-0.2, -0.15) is 0 Å². The summed E-state index contributed by atoms with van der Waals surface area (Å²) in [6.07, 6.45) is 0. The molecule has 1 aliphatic heterocycles. The van der Waals surface area contributed by atoms with E-state index < -0.39 is 17.7 Å². The van der Waals surface area contributed by atoms with Crippen molar-refractivity contribution in [2.75, 3.05) is 31.6 Å². The van der Waals surface area contributed by atoms with Gasteiger partial charge in [0.2, 0.25) is 0 Å². The molecule has 0 aliphatic carbocycles. The van der Waals surface area contributed by atoms with Crippen LogP contribution in [0.25, 0.3) is 0 Å². The van der Waals surface area contributed by atoms with Crippen LogP contribution in [-0.4, -0.2) is 37.6 Å². The first kappa shape index (κ1) is 16.4. The summed E-state index contributed by atoms with van der Waals surface area (Å²) in [5.41, 5.74) is 1.22. The molecule has 0 radical (unpaired) electrons. The summed E-state index contributed by atoms with van der Waals surface area (Å²) < 4.78 is 27.1. The van der Waals surface area contributed by atoms with Gasteiger partial charge in [-0.3, -0.25) is 4.90 Å². The van der Waals surface area contributed by atoms with Crippen LogP contribution >= 0.6 is 0 Å². The second-order valence-electron chi connectivity index (χ2n) is 5.79. The summed E-state index contributed by atoms with van der Waals surface area (Å²) in [6, 6.07) is 12.1. The van der Waals surface area contributed by atoms with Gasteiger partial charge in [0.15, 0.2) is 0 Å². The first-order valence-corrected chi connectivity index (χ1v) is 7.82. The van der Waals surface area contributed by atoms with Gasteiger partial charge in [0.05, 0.1) is 6.04 Å². The average molecular weight is 331 g/mol. The molecule has 1 heterocycles. The van der Waals surface area contributed by atoms with E-state index in [0.29, 0.717) is 25.2 Å². The Bertz CT molecular complexity index is 703. The third kappa shape index (κ3) is 3.38. The number of hydrogen-bond acceptors (Lipinski definition) is 2. The zero-order valence-corrected chi connectivity index (χ0v) is 13.4. The second kappa shape index (κ2) is 6.97. The minimum Gasteiger partial charge on any atom is -0.315 e. The smallest absolute Gasteiger partial charge is 0.315 e. The van der Waals surface area contributed by atoms with Crippen molar-refractivity contribution in [1.29, 1.82) is 0 Å². The predicted octanol–water partition coefficient (Wildman–Crippen LogP) is 3.17. The van der Waals surface area contributed by atoms with E-state index in [2.05, 4.69) is 5.32 Å². The molecule has 1 fully saturated rings. The Morgan fingerprint density at radius 2 is 1.83 bits per heavy atom. The van der Waals surface area contributed by atoms with Crippen LogP contribution in [0.2, 0.25) is 0 Å². The fourth-order valence-corrected chi connectivity index (χ4v) is 2.95. The normalized spacial score (nSPS) is 17.6. The van der Waals surface area contributed by atoms with Crippen LogP contribution in [0.5, 0.6) is 0 Å². The van der Waals surface area contributed by atoms with Crippen LogP contribution in [0.3, 0.4) is 0 Å². The lowest BCUT2D eigenvalue weighted by atomic mass is 10.0. The Balaban J connectivity index is 1.88. The van der Waals surface area contributed by atoms with Crippen LogP contribution in [0.4, 0.5) is 19.3 Å². The lowest BCUT2D eigenvalue weighted by molar-refractivity contribution is 0.165. The van der Waals surface area contributed by atoms with Gasteiger partial charge in [0.25, 0.3) is 0 Å². The number of piperazine rings is 1. The summed E-state index contributed by atoms with van der Waals surface area (Å²) >= 11 is 0. The number of benzene rings is 2. The molecule has 4 nitrogen and oxygen atoms in total. The first-order valence-electron chi connectivity index (χ1n) is 7.82. The van der Waals surface area contributed by atoms with E-state index in [-0.39, 0.29) is 6.03 Å². The van der Waals surface area contributed by atoms with Gasteiger partial charge in [-0.1, -0.05) is 18.2 Å². The fourth-order valence-electron chi connectivity index (χ4n) is 2.95. The van der Waals surface area contributed by atoms with Crippen LogP contribution in [0, 0.1) is 11.6 Å². The number of nitrogens with zero attached hydrogens (tertiary/aromatic N) is 2. The third-order valence-corrected chi connectivity index (χ3v) is 4.19. The molecule has 1 aliphatic rings. The molecule has 1 unspecified atom stereocenters. The number of carbonyl (C=O) groups is 1. The highest BCUT2D eigenvalue weighted by molar-refractivity contribution is 5.91. The number of anilines is 1. The predicted molar refractivity (Wildman–Crippen MR) is 88.9 cm³/mol. The Kier molecular flexibility index (Phi) is 4.76. The number of para-hydroxylation sites is 1. The summed E-state index contributed by atoms with van der Waals surface area (Å²) in [7, 11) is 1.70. The van der Waals surface area contributed by atoms with Crippen molar-refractivity contribution in [2.24, 2.45) is 0 Å². The molecule has 1 N–H and O–H groups in total. The van der Waals surface area contributed by atoms with Gasteiger partial charge < -0.3 is 10.2 Å². The molecular weight excluding hydrogens is 312 g/mol. The Hall–Kier alpha value is -2.47. The van der Waals surface area contributed by atoms with Crippen molar-refractivity contribution in [1.82, 2.24) is 10.2 Å². The summed E-state index contributed by atoms with van der Waals surface area (Å²) in [5, 5.41) is 3.18. The van der Waals surface area contributed by atoms with Crippen LogP contribution < -0.4 is 10.2 Å². The number of halogens is 2. The van der Waals surface area contributed by atoms with Crippen molar-refractivity contribution in [3.05, 3.63) is 65.7 Å². The number of urea groups is 1. The van der Waals surface area contributed by atoms with Gasteiger partial charge in [-0.05, 0) is 29.8 Å². The molecule has 6 heteroatoms. The molecule has 0 aromatic heterocycles. The molecule has 0 spiro atoms. The van der Waals surface area contributed by atoms with E-state index in [1.165, 1.54) is 12.1 Å². The van der Waals surface area contributed by atoms with Gasteiger partial charge in [-0.15, -0.1) is 0 Å². The van der Waals surface area contributed by atoms with Gasteiger partial charge in [-0.25, -0.2) is 13.6 Å². The lowest BCUT2D eigenvalue weighted by Gasteiger charge is -2.38. The monoisotopic (exact) mass is 331 g/mol. The van der Waals surface area contributed by atoms with Crippen LogP contribution in [0.15, 0.2) is 48.5 Å². The SMILES string of the molecule is CN(C(=O)N1CCNCC1c1cc(F)cc(F)c1)c1ccccc1. The number of hydrogen-bond donors (Lipinski definition) is 1. The molecule has 2 amide bonds. The maximum Gasteiger partial charge on any atom is 0.324 e. The highest BCUT2D eigenvalue weighted by atomic mass is 19.1. The highest BCUT2D eigenvalue weighted by Gasteiger charge is 2.30. The van der Waals surface area contributed by atoms with Gasteiger partial charge in [0, 0.05) is 38.4 Å². The molecule has 0 saturated carbocycles. The van der Waals surface area contributed by atoms with Crippen molar-refractivity contribution in [3.63, 3.8) is 0 Å². The number of carbonyl (C=O) groups excluding carboxylic acids is 1. The number of amides is 2. The molecular formula is C18H19F2N3O. The molecule has 126 valence electrons. The molecule has 1 saturated heterocycles. The van der Waals surface area contributed by atoms with E-state index in [0.717, 1.165) is 11.8 Å². The highest BCUT2D eigenvalue weighted by Crippen LogP contribution is 2.26. The number of rotatable bonds is 2. The topological polar surface area (TPSA) is 35.6 Å². The van der Waals surface area contributed by atoms with E-state index in [9.17, 15) is 13.6 Å².